The minimum absolute atomic E-state index is 0.214. The molecule has 0 aliphatic rings. The second-order valence-corrected chi connectivity index (χ2v) is 4.74. The zero-order valence-electron chi connectivity index (χ0n) is 11.7. The minimum atomic E-state index is -0.558. The third kappa shape index (κ3) is 5.17. The van der Waals surface area contributed by atoms with E-state index in [-0.39, 0.29) is 11.9 Å². The van der Waals surface area contributed by atoms with Crippen molar-refractivity contribution in [2.24, 2.45) is 5.73 Å². The topological polar surface area (TPSA) is 55.5 Å². The van der Waals surface area contributed by atoms with E-state index in [1.807, 2.05) is 13.8 Å². The quantitative estimate of drug-likeness (QED) is 0.763. The van der Waals surface area contributed by atoms with E-state index in [0.717, 1.165) is 18.4 Å². The van der Waals surface area contributed by atoms with Crippen LogP contribution in [0.15, 0.2) is 18.2 Å². The molecule has 0 aliphatic heterocycles. The third-order valence-electron chi connectivity index (χ3n) is 3.15. The van der Waals surface area contributed by atoms with Gasteiger partial charge in [-0.05, 0) is 49.9 Å². The number of aliphatic hydroxyl groups is 1. The molecule has 2 atom stereocenters. The average Bonchev–Trinajstić information content (AvgIpc) is 2.39. The van der Waals surface area contributed by atoms with Gasteiger partial charge in [0, 0.05) is 6.04 Å². The Hall–Kier alpha value is -1.13. The third-order valence-corrected chi connectivity index (χ3v) is 3.15. The Morgan fingerprint density at radius 2 is 2.05 bits per heavy atom. The molecule has 0 aromatic heterocycles. The summed E-state index contributed by atoms with van der Waals surface area (Å²) in [5.41, 5.74) is 6.65. The Morgan fingerprint density at radius 1 is 1.32 bits per heavy atom. The van der Waals surface area contributed by atoms with Crippen LogP contribution in [0.1, 0.15) is 38.7 Å². The molecule has 0 bridgehead atoms. The maximum Gasteiger partial charge on any atom is 0.123 e. The highest BCUT2D eigenvalue weighted by Crippen LogP contribution is 2.22. The molecule has 4 heteroatoms. The van der Waals surface area contributed by atoms with Crippen molar-refractivity contribution in [2.45, 2.75) is 51.7 Å². The number of nitrogens with two attached hydrogens (primary N) is 1. The number of rotatable bonds is 8. The van der Waals surface area contributed by atoms with Crippen LogP contribution in [0.2, 0.25) is 0 Å². The summed E-state index contributed by atoms with van der Waals surface area (Å²) < 4.78 is 18.7. The molecule has 0 saturated carbocycles. The first-order valence-corrected chi connectivity index (χ1v) is 6.93. The lowest BCUT2D eigenvalue weighted by Crippen LogP contribution is -2.34. The summed E-state index contributed by atoms with van der Waals surface area (Å²) in [7, 11) is 0. The number of hydrogen-bond acceptors (Lipinski definition) is 3. The first-order valence-electron chi connectivity index (χ1n) is 6.93. The van der Waals surface area contributed by atoms with Crippen molar-refractivity contribution in [3.63, 3.8) is 0 Å². The van der Waals surface area contributed by atoms with Gasteiger partial charge < -0.3 is 15.6 Å². The lowest BCUT2D eigenvalue weighted by Gasteiger charge is -2.18. The number of benzene rings is 1. The molecule has 0 amide bonds. The van der Waals surface area contributed by atoms with Crippen molar-refractivity contribution in [2.75, 3.05) is 6.61 Å². The first kappa shape index (κ1) is 15.9. The van der Waals surface area contributed by atoms with Crippen LogP contribution >= 0.6 is 0 Å². The Bertz CT molecular complexity index is 384. The van der Waals surface area contributed by atoms with E-state index in [0.29, 0.717) is 25.2 Å². The van der Waals surface area contributed by atoms with Gasteiger partial charge >= 0.3 is 0 Å². The molecule has 2 unspecified atom stereocenters. The molecule has 0 fully saturated rings. The molecule has 1 aromatic rings. The monoisotopic (exact) mass is 269 g/mol. The fraction of sp³-hybridized carbons (Fsp3) is 0.600. The lowest BCUT2D eigenvalue weighted by atomic mass is 9.99. The molecule has 108 valence electrons. The maximum absolute atomic E-state index is 13.2. The van der Waals surface area contributed by atoms with Crippen molar-refractivity contribution >= 4 is 0 Å². The SMILES string of the molecule is CCCC(N)C(O)CCc1cc(F)ccc1OCC. The second-order valence-electron chi connectivity index (χ2n) is 4.74. The highest BCUT2D eigenvalue weighted by molar-refractivity contribution is 5.34. The van der Waals surface area contributed by atoms with Crippen LogP contribution in [-0.2, 0) is 6.42 Å². The van der Waals surface area contributed by atoms with Crippen LogP contribution < -0.4 is 10.5 Å². The van der Waals surface area contributed by atoms with Gasteiger partial charge in [0.25, 0.3) is 0 Å². The van der Waals surface area contributed by atoms with Gasteiger partial charge in [0.15, 0.2) is 0 Å². The van der Waals surface area contributed by atoms with E-state index in [1.165, 1.54) is 12.1 Å². The van der Waals surface area contributed by atoms with Crippen LogP contribution in [-0.4, -0.2) is 23.9 Å². The van der Waals surface area contributed by atoms with Crippen LogP contribution in [0.25, 0.3) is 0 Å². The standard InChI is InChI=1S/C15H24FNO2/c1-3-5-13(17)14(18)8-6-11-10-12(16)7-9-15(11)19-4-2/h7,9-10,13-14,18H,3-6,8,17H2,1-2H3. The molecular weight excluding hydrogens is 245 g/mol. The second kappa shape index (κ2) is 8.12. The number of aliphatic hydroxyl groups excluding tert-OH is 1. The van der Waals surface area contributed by atoms with Gasteiger partial charge in [-0.25, -0.2) is 4.39 Å². The summed E-state index contributed by atoms with van der Waals surface area (Å²) in [6.45, 7) is 4.46. The molecule has 1 rings (SSSR count). The molecule has 0 aliphatic carbocycles. The zero-order valence-corrected chi connectivity index (χ0v) is 11.7. The summed E-state index contributed by atoms with van der Waals surface area (Å²) in [5, 5.41) is 9.94. The summed E-state index contributed by atoms with van der Waals surface area (Å²) in [6, 6.07) is 4.26. The molecule has 19 heavy (non-hydrogen) atoms. The van der Waals surface area contributed by atoms with Gasteiger partial charge in [-0.3, -0.25) is 0 Å². The Balaban J connectivity index is 2.63. The van der Waals surface area contributed by atoms with Crippen molar-refractivity contribution in [3.05, 3.63) is 29.6 Å². The van der Waals surface area contributed by atoms with Gasteiger partial charge in [0.1, 0.15) is 11.6 Å². The number of aryl methyl sites for hydroxylation is 1. The van der Waals surface area contributed by atoms with Crippen molar-refractivity contribution in [1.29, 1.82) is 0 Å². The van der Waals surface area contributed by atoms with E-state index in [4.69, 9.17) is 10.5 Å². The average molecular weight is 269 g/mol. The fourth-order valence-corrected chi connectivity index (χ4v) is 2.08. The summed E-state index contributed by atoms with van der Waals surface area (Å²) in [6.07, 6.45) is 2.26. The van der Waals surface area contributed by atoms with E-state index in [9.17, 15) is 9.50 Å². The minimum Gasteiger partial charge on any atom is -0.494 e. The van der Waals surface area contributed by atoms with Crippen molar-refractivity contribution < 1.29 is 14.2 Å². The van der Waals surface area contributed by atoms with Gasteiger partial charge in [-0.15, -0.1) is 0 Å². The highest BCUT2D eigenvalue weighted by Gasteiger charge is 2.15. The molecule has 3 N–H and O–H groups in total. The van der Waals surface area contributed by atoms with Gasteiger partial charge in [-0.1, -0.05) is 13.3 Å². The fourth-order valence-electron chi connectivity index (χ4n) is 2.08. The molecule has 0 saturated heterocycles. The van der Waals surface area contributed by atoms with Crippen molar-refractivity contribution in [1.82, 2.24) is 0 Å². The van der Waals surface area contributed by atoms with Gasteiger partial charge in [0.2, 0.25) is 0 Å². The zero-order chi connectivity index (χ0) is 14.3. The van der Waals surface area contributed by atoms with Gasteiger partial charge in [-0.2, -0.15) is 0 Å². The normalized spacial score (nSPS) is 14.2. The molecule has 3 nitrogen and oxygen atoms in total. The van der Waals surface area contributed by atoms with Gasteiger partial charge in [0.05, 0.1) is 12.7 Å². The molecular formula is C15H24FNO2. The van der Waals surface area contributed by atoms with Crippen LogP contribution in [0, 0.1) is 5.82 Å². The van der Waals surface area contributed by atoms with E-state index < -0.39 is 6.10 Å². The van der Waals surface area contributed by atoms with E-state index >= 15 is 0 Å². The molecule has 0 heterocycles. The van der Waals surface area contributed by atoms with Crippen LogP contribution in [0.5, 0.6) is 5.75 Å². The maximum atomic E-state index is 13.2. The smallest absolute Gasteiger partial charge is 0.123 e. The largest absolute Gasteiger partial charge is 0.494 e. The molecule has 1 aromatic carbocycles. The molecule has 0 radical (unpaired) electrons. The van der Waals surface area contributed by atoms with E-state index in [2.05, 4.69) is 0 Å². The number of hydrogen-bond donors (Lipinski definition) is 2. The Morgan fingerprint density at radius 3 is 2.68 bits per heavy atom. The number of halogens is 1. The van der Waals surface area contributed by atoms with Crippen LogP contribution in [0.3, 0.4) is 0 Å². The van der Waals surface area contributed by atoms with Crippen molar-refractivity contribution in [3.8, 4) is 5.75 Å². The van der Waals surface area contributed by atoms with Crippen LogP contribution in [0.4, 0.5) is 4.39 Å². The summed E-state index contributed by atoms with van der Waals surface area (Å²) in [5.74, 6) is 0.394. The first-order chi connectivity index (χ1) is 9.08. The lowest BCUT2D eigenvalue weighted by molar-refractivity contribution is 0.130. The Kier molecular flexibility index (Phi) is 6.81. The highest BCUT2D eigenvalue weighted by atomic mass is 19.1. The predicted molar refractivity (Wildman–Crippen MR) is 74.8 cm³/mol. The Labute approximate surface area is 114 Å². The predicted octanol–water partition coefficient (Wildman–Crippen LogP) is 2.65. The molecule has 0 spiro atoms. The number of ether oxygens (including phenoxy) is 1. The van der Waals surface area contributed by atoms with E-state index in [1.54, 1.807) is 6.07 Å². The summed E-state index contributed by atoms with van der Waals surface area (Å²) >= 11 is 0. The summed E-state index contributed by atoms with van der Waals surface area (Å²) in [4.78, 5) is 0.